The van der Waals surface area contributed by atoms with Gasteiger partial charge in [0.15, 0.2) is 5.82 Å². The zero-order chi connectivity index (χ0) is 25.1. The molecule has 9 nitrogen and oxygen atoms in total. The molecule has 0 saturated heterocycles. The van der Waals surface area contributed by atoms with Crippen LogP contribution < -0.4 is 10.0 Å². The van der Waals surface area contributed by atoms with E-state index in [2.05, 4.69) is 20.1 Å². The Bertz CT molecular complexity index is 1240. The van der Waals surface area contributed by atoms with Gasteiger partial charge in [0.2, 0.25) is 10.0 Å². The highest BCUT2D eigenvalue weighted by atomic mass is 32.2. The van der Waals surface area contributed by atoms with E-state index in [0.717, 1.165) is 17.6 Å². The van der Waals surface area contributed by atoms with Crippen molar-refractivity contribution in [1.82, 2.24) is 20.1 Å². The minimum absolute atomic E-state index is 0.0110. The highest BCUT2D eigenvalue weighted by molar-refractivity contribution is 7.92. The second-order valence-electron chi connectivity index (χ2n) is 8.89. The minimum Gasteiger partial charge on any atom is -0.506 e. The molecule has 0 spiro atoms. The molecule has 1 atom stereocenters. The zero-order valence-electron chi connectivity index (χ0n) is 19.6. The number of hydrogen-bond donors (Lipinski definition) is 4. The molecular weight excluding hydrogens is 461 g/mol. The first-order valence-corrected chi connectivity index (χ1v) is 12.6. The van der Waals surface area contributed by atoms with Gasteiger partial charge in [-0.2, -0.15) is 5.10 Å². The Morgan fingerprint density at radius 3 is 2.50 bits per heavy atom. The fourth-order valence-electron chi connectivity index (χ4n) is 3.36. The van der Waals surface area contributed by atoms with Gasteiger partial charge in [0.25, 0.3) is 0 Å². The number of aliphatic hydroxyl groups excluding tert-OH is 1. The molecule has 1 aromatic heterocycles. The van der Waals surface area contributed by atoms with Crippen molar-refractivity contribution in [3.05, 3.63) is 59.7 Å². The number of aromatic nitrogens is 3. The number of halogens is 1. The Labute approximate surface area is 198 Å². The molecule has 0 amide bonds. The van der Waals surface area contributed by atoms with Crippen molar-refractivity contribution in [3.8, 4) is 17.1 Å². The lowest BCUT2D eigenvalue weighted by Gasteiger charge is -2.28. The van der Waals surface area contributed by atoms with Crippen LogP contribution in [0.25, 0.3) is 11.4 Å². The van der Waals surface area contributed by atoms with Crippen molar-refractivity contribution in [1.29, 1.82) is 0 Å². The van der Waals surface area contributed by atoms with Crippen molar-refractivity contribution in [2.45, 2.75) is 45.4 Å². The van der Waals surface area contributed by atoms with E-state index < -0.39 is 16.1 Å². The number of benzene rings is 2. The van der Waals surface area contributed by atoms with Crippen molar-refractivity contribution in [3.63, 3.8) is 0 Å². The predicted octanol–water partition coefficient (Wildman–Crippen LogP) is 2.96. The molecule has 0 aliphatic carbocycles. The number of phenolic OH excluding ortho intramolecular Hbond substituents is 1. The quantitative estimate of drug-likeness (QED) is 0.321. The van der Waals surface area contributed by atoms with Crippen molar-refractivity contribution < 1.29 is 23.0 Å². The summed E-state index contributed by atoms with van der Waals surface area (Å²) in [4.78, 5) is 4.47. The summed E-state index contributed by atoms with van der Waals surface area (Å²) >= 11 is 0. The molecule has 0 fully saturated rings. The van der Waals surface area contributed by atoms with E-state index in [9.17, 15) is 23.0 Å². The second kappa shape index (κ2) is 10.1. The maximum absolute atomic E-state index is 13.2. The van der Waals surface area contributed by atoms with Crippen LogP contribution in [0.3, 0.4) is 0 Å². The van der Waals surface area contributed by atoms with Crippen molar-refractivity contribution >= 4 is 15.7 Å². The molecule has 4 N–H and O–H groups in total. The molecule has 1 heterocycles. The predicted molar refractivity (Wildman–Crippen MR) is 128 cm³/mol. The molecule has 0 aliphatic rings. The van der Waals surface area contributed by atoms with E-state index >= 15 is 0 Å². The molecule has 184 valence electrons. The van der Waals surface area contributed by atoms with Crippen LogP contribution >= 0.6 is 0 Å². The number of phenols is 1. The lowest BCUT2D eigenvalue weighted by atomic mass is 9.99. The summed E-state index contributed by atoms with van der Waals surface area (Å²) < 4.78 is 40.1. The molecule has 3 aromatic rings. The third-order valence-corrected chi connectivity index (χ3v) is 5.97. The van der Waals surface area contributed by atoms with E-state index in [1.807, 2.05) is 20.8 Å². The normalized spacial score (nSPS) is 13.1. The van der Waals surface area contributed by atoms with Gasteiger partial charge >= 0.3 is 0 Å². The Morgan fingerprint density at radius 2 is 1.85 bits per heavy atom. The van der Waals surface area contributed by atoms with Gasteiger partial charge in [-0.3, -0.25) is 4.72 Å². The molecule has 3 rings (SSSR count). The summed E-state index contributed by atoms with van der Waals surface area (Å²) in [7, 11) is -3.57. The van der Waals surface area contributed by atoms with Gasteiger partial charge in [0, 0.05) is 24.2 Å². The van der Waals surface area contributed by atoms with Crippen LogP contribution in [0.2, 0.25) is 0 Å². The second-order valence-corrected chi connectivity index (χ2v) is 10.6. The number of nitrogens with one attached hydrogen (secondary N) is 2. The first-order valence-electron chi connectivity index (χ1n) is 10.7. The van der Waals surface area contributed by atoms with Gasteiger partial charge in [-0.15, -0.1) is 0 Å². The Morgan fingerprint density at radius 1 is 1.18 bits per heavy atom. The average molecular weight is 492 g/mol. The smallest absolute Gasteiger partial charge is 0.229 e. The number of nitrogens with zero attached hydrogens (tertiary/aromatic N) is 3. The molecule has 0 bridgehead atoms. The third kappa shape index (κ3) is 6.99. The summed E-state index contributed by atoms with van der Waals surface area (Å²) in [6.45, 7) is 6.66. The highest BCUT2D eigenvalue weighted by Gasteiger charge is 2.21. The van der Waals surface area contributed by atoms with Crippen LogP contribution in [0.4, 0.5) is 10.1 Å². The topological polar surface area (TPSA) is 129 Å². The fraction of sp³-hybridized carbons (Fsp3) is 0.391. The summed E-state index contributed by atoms with van der Waals surface area (Å²) in [5, 5.41) is 28.3. The van der Waals surface area contributed by atoms with E-state index in [-0.39, 0.29) is 29.3 Å². The maximum Gasteiger partial charge on any atom is 0.229 e. The number of β-amino-alcohol motifs (C(OH)–C–C–N with tert-alkyl or cyclic N) is 1. The van der Waals surface area contributed by atoms with Crippen LogP contribution in [-0.4, -0.2) is 51.7 Å². The lowest BCUT2D eigenvalue weighted by molar-refractivity contribution is 0.158. The van der Waals surface area contributed by atoms with Crippen molar-refractivity contribution in [2.24, 2.45) is 0 Å². The first kappa shape index (κ1) is 25.6. The third-order valence-electron chi connectivity index (χ3n) is 5.38. The van der Waals surface area contributed by atoms with Gasteiger partial charge in [-0.1, -0.05) is 6.07 Å². The maximum atomic E-state index is 13.2. The molecule has 0 saturated carbocycles. The van der Waals surface area contributed by atoms with Gasteiger partial charge in [-0.25, -0.2) is 22.5 Å². The van der Waals surface area contributed by atoms with Crippen LogP contribution in [0.15, 0.2) is 42.5 Å². The number of aliphatic hydroxyl groups is 1. The van der Waals surface area contributed by atoms with E-state index in [1.165, 1.54) is 30.3 Å². The van der Waals surface area contributed by atoms with E-state index in [4.69, 9.17) is 0 Å². The molecule has 1 unspecified atom stereocenters. The van der Waals surface area contributed by atoms with Crippen LogP contribution in [0.1, 0.15) is 37.8 Å². The summed E-state index contributed by atoms with van der Waals surface area (Å²) in [5.74, 6) is 0.734. The van der Waals surface area contributed by atoms with Crippen LogP contribution in [-0.2, 0) is 16.6 Å². The standard InChI is InChI=1S/C23H30FN5O4S/c1-15-26-22(16-5-8-18(24)9-6-16)27-29(15)12-11-23(2,3)25-14-21(31)17-7-10-20(30)19(13-17)28-34(4,32)33/h5-10,13,21,25,28,30-31H,11-12,14H2,1-4H3. The van der Waals surface area contributed by atoms with Crippen LogP contribution in [0.5, 0.6) is 5.75 Å². The highest BCUT2D eigenvalue weighted by Crippen LogP contribution is 2.28. The van der Waals surface area contributed by atoms with E-state index in [1.54, 1.807) is 16.8 Å². The number of sulfonamides is 1. The molecule has 34 heavy (non-hydrogen) atoms. The fourth-order valence-corrected chi connectivity index (χ4v) is 3.92. The molecule has 11 heteroatoms. The Balaban J connectivity index is 1.60. The molecule has 0 aliphatic heterocycles. The minimum atomic E-state index is -3.57. The number of aryl methyl sites for hydroxylation is 2. The lowest BCUT2D eigenvalue weighted by Crippen LogP contribution is -2.42. The van der Waals surface area contributed by atoms with Crippen LogP contribution in [0, 0.1) is 12.7 Å². The number of aromatic hydroxyl groups is 1. The first-order chi connectivity index (χ1) is 15.8. The Kier molecular flexibility index (Phi) is 7.59. The summed E-state index contributed by atoms with van der Waals surface area (Å²) in [5.41, 5.74) is 0.850. The van der Waals surface area contributed by atoms with E-state index in [0.29, 0.717) is 24.4 Å². The zero-order valence-corrected chi connectivity index (χ0v) is 20.4. The monoisotopic (exact) mass is 491 g/mol. The summed E-state index contributed by atoms with van der Waals surface area (Å²) in [6.07, 6.45) is 0.751. The van der Waals surface area contributed by atoms with Gasteiger partial charge in [0.1, 0.15) is 17.4 Å². The SMILES string of the molecule is Cc1nc(-c2ccc(F)cc2)nn1CCC(C)(C)NCC(O)c1ccc(O)c(NS(C)(=O)=O)c1. The molecule has 2 aromatic carbocycles. The molecular formula is C23H30FN5O4S. The van der Waals surface area contributed by atoms with Crippen molar-refractivity contribution in [2.75, 3.05) is 17.5 Å². The number of anilines is 1. The van der Waals surface area contributed by atoms with Gasteiger partial charge < -0.3 is 15.5 Å². The van der Waals surface area contributed by atoms with Gasteiger partial charge in [0.05, 0.1) is 18.0 Å². The van der Waals surface area contributed by atoms with Gasteiger partial charge in [-0.05, 0) is 69.2 Å². The average Bonchev–Trinajstić information content (AvgIpc) is 3.12. The Hall–Kier alpha value is -3.02. The largest absolute Gasteiger partial charge is 0.506 e. The summed E-state index contributed by atoms with van der Waals surface area (Å²) in [6, 6.07) is 10.3. The number of rotatable bonds is 10. The molecule has 0 radical (unpaired) electrons. The number of hydrogen-bond acceptors (Lipinski definition) is 7.